The average Bonchev–Trinajstić information content (AvgIpc) is 2.27. The SMILES string of the molecule is CCCNC(=O)CNC(CC)C(C)CCC. The maximum atomic E-state index is 11.4. The number of carbonyl (C=O) groups excluding carboxylic acids is 1. The second kappa shape index (κ2) is 9.64. The molecule has 0 fully saturated rings. The van der Waals surface area contributed by atoms with Crippen LogP contribution in [0.4, 0.5) is 0 Å². The highest BCUT2D eigenvalue weighted by molar-refractivity contribution is 5.77. The van der Waals surface area contributed by atoms with Crippen LogP contribution in [0.2, 0.25) is 0 Å². The fourth-order valence-electron chi connectivity index (χ4n) is 1.96. The van der Waals surface area contributed by atoms with Gasteiger partial charge in [0.15, 0.2) is 0 Å². The van der Waals surface area contributed by atoms with Gasteiger partial charge in [-0.15, -0.1) is 0 Å². The molecular formula is C13H28N2O. The maximum absolute atomic E-state index is 11.4. The number of carbonyl (C=O) groups is 1. The molecule has 0 aromatic carbocycles. The van der Waals surface area contributed by atoms with Crippen LogP contribution in [0.3, 0.4) is 0 Å². The maximum Gasteiger partial charge on any atom is 0.233 e. The van der Waals surface area contributed by atoms with E-state index in [9.17, 15) is 4.79 Å². The predicted molar refractivity (Wildman–Crippen MR) is 69.5 cm³/mol. The first-order valence-corrected chi connectivity index (χ1v) is 6.65. The lowest BCUT2D eigenvalue weighted by molar-refractivity contribution is -0.120. The first kappa shape index (κ1) is 15.4. The second-order valence-corrected chi connectivity index (χ2v) is 4.51. The molecule has 2 atom stereocenters. The fraction of sp³-hybridized carbons (Fsp3) is 0.923. The van der Waals surface area contributed by atoms with Gasteiger partial charge in [0.05, 0.1) is 6.54 Å². The van der Waals surface area contributed by atoms with E-state index in [1.165, 1.54) is 12.8 Å². The Labute approximate surface area is 100 Å². The third-order valence-electron chi connectivity index (χ3n) is 2.97. The molecule has 96 valence electrons. The lowest BCUT2D eigenvalue weighted by Gasteiger charge is -2.23. The minimum absolute atomic E-state index is 0.115. The van der Waals surface area contributed by atoms with Gasteiger partial charge in [0.1, 0.15) is 0 Å². The molecule has 0 spiro atoms. The highest BCUT2D eigenvalue weighted by atomic mass is 16.1. The molecule has 0 aromatic rings. The molecule has 0 saturated heterocycles. The molecular weight excluding hydrogens is 200 g/mol. The molecule has 0 aliphatic carbocycles. The Bertz CT molecular complexity index is 183. The van der Waals surface area contributed by atoms with Gasteiger partial charge in [-0.25, -0.2) is 0 Å². The summed E-state index contributed by atoms with van der Waals surface area (Å²) >= 11 is 0. The molecule has 0 radical (unpaired) electrons. The highest BCUT2D eigenvalue weighted by Crippen LogP contribution is 2.12. The van der Waals surface area contributed by atoms with E-state index in [1.807, 2.05) is 0 Å². The monoisotopic (exact) mass is 228 g/mol. The minimum Gasteiger partial charge on any atom is -0.355 e. The molecule has 3 nitrogen and oxygen atoms in total. The van der Waals surface area contributed by atoms with Gasteiger partial charge in [-0.1, -0.05) is 34.1 Å². The van der Waals surface area contributed by atoms with Crippen LogP contribution in [0.1, 0.15) is 53.4 Å². The molecule has 0 aliphatic rings. The fourth-order valence-corrected chi connectivity index (χ4v) is 1.96. The van der Waals surface area contributed by atoms with Gasteiger partial charge in [-0.3, -0.25) is 4.79 Å². The Hall–Kier alpha value is -0.570. The quantitative estimate of drug-likeness (QED) is 0.636. The van der Waals surface area contributed by atoms with Crippen LogP contribution in [-0.2, 0) is 4.79 Å². The van der Waals surface area contributed by atoms with Crippen molar-refractivity contribution in [2.24, 2.45) is 5.92 Å². The largest absolute Gasteiger partial charge is 0.355 e. The number of rotatable bonds is 9. The highest BCUT2D eigenvalue weighted by Gasteiger charge is 2.14. The Kier molecular flexibility index (Phi) is 9.30. The van der Waals surface area contributed by atoms with Crippen molar-refractivity contribution in [3.8, 4) is 0 Å². The van der Waals surface area contributed by atoms with Crippen LogP contribution in [0, 0.1) is 5.92 Å². The van der Waals surface area contributed by atoms with E-state index in [2.05, 4.69) is 38.3 Å². The normalized spacial score (nSPS) is 14.5. The van der Waals surface area contributed by atoms with Crippen LogP contribution < -0.4 is 10.6 Å². The van der Waals surface area contributed by atoms with Crippen LogP contribution >= 0.6 is 0 Å². The summed E-state index contributed by atoms with van der Waals surface area (Å²) in [5, 5.41) is 6.23. The van der Waals surface area contributed by atoms with Crippen molar-refractivity contribution in [3.63, 3.8) is 0 Å². The molecule has 16 heavy (non-hydrogen) atoms. The first-order chi connectivity index (χ1) is 7.65. The van der Waals surface area contributed by atoms with E-state index >= 15 is 0 Å². The van der Waals surface area contributed by atoms with Gasteiger partial charge in [0.2, 0.25) is 5.91 Å². The lowest BCUT2D eigenvalue weighted by Crippen LogP contribution is -2.42. The average molecular weight is 228 g/mol. The predicted octanol–water partition coefficient (Wildman–Crippen LogP) is 2.32. The van der Waals surface area contributed by atoms with Crippen LogP contribution in [-0.4, -0.2) is 25.0 Å². The first-order valence-electron chi connectivity index (χ1n) is 6.65. The zero-order chi connectivity index (χ0) is 12.4. The third kappa shape index (κ3) is 6.83. The van der Waals surface area contributed by atoms with Crippen molar-refractivity contribution in [1.82, 2.24) is 10.6 Å². The van der Waals surface area contributed by atoms with Gasteiger partial charge in [-0.2, -0.15) is 0 Å². The number of hydrogen-bond donors (Lipinski definition) is 2. The van der Waals surface area contributed by atoms with Gasteiger partial charge < -0.3 is 10.6 Å². The Morgan fingerprint density at radius 3 is 2.38 bits per heavy atom. The van der Waals surface area contributed by atoms with Crippen molar-refractivity contribution in [2.45, 2.75) is 59.4 Å². The van der Waals surface area contributed by atoms with Gasteiger partial charge in [-0.05, 0) is 25.2 Å². The Morgan fingerprint density at radius 2 is 1.88 bits per heavy atom. The molecule has 2 unspecified atom stereocenters. The molecule has 0 heterocycles. The van der Waals surface area contributed by atoms with E-state index in [1.54, 1.807) is 0 Å². The van der Waals surface area contributed by atoms with Gasteiger partial charge in [0, 0.05) is 12.6 Å². The van der Waals surface area contributed by atoms with Crippen molar-refractivity contribution in [2.75, 3.05) is 13.1 Å². The van der Waals surface area contributed by atoms with Crippen LogP contribution in [0.15, 0.2) is 0 Å². The summed E-state index contributed by atoms with van der Waals surface area (Å²) in [6, 6.07) is 0.465. The summed E-state index contributed by atoms with van der Waals surface area (Å²) in [6.45, 7) is 9.93. The molecule has 1 amide bonds. The smallest absolute Gasteiger partial charge is 0.233 e. The van der Waals surface area contributed by atoms with E-state index in [0.29, 0.717) is 18.5 Å². The van der Waals surface area contributed by atoms with Crippen molar-refractivity contribution < 1.29 is 4.79 Å². The second-order valence-electron chi connectivity index (χ2n) is 4.51. The summed E-state index contributed by atoms with van der Waals surface area (Å²) in [5.74, 6) is 0.762. The van der Waals surface area contributed by atoms with Crippen molar-refractivity contribution in [1.29, 1.82) is 0 Å². The summed E-state index contributed by atoms with van der Waals surface area (Å²) in [6.07, 6.45) is 4.51. The topological polar surface area (TPSA) is 41.1 Å². The lowest BCUT2D eigenvalue weighted by atomic mass is 9.95. The van der Waals surface area contributed by atoms with Crippen LogP contribution in [0.25, 0.3) is 0 Å². The summed E-state index contributed by atoms with van der Waals surface area (Å²) in [4.78, 5) is 11.4. The van der Waals surface area contributed by atoms with Crippen molar-refractivity contribution in [3.05, 3.63) is 0 Å². The molecule has 0 aliphatic heterocycles. The molecule has 2 N–H and O–H groups in total. The molecule has 0 saturated carbocycles. The number of hydrogen-bond acceptors (Lipinski definition) is 2. The number of amides is 1. The zero-order valence-electron chi connectivity index (χ0n) is 11.3. The van der Waals surface area contributed by atoms with E-state index in [-0.39, 0.29) is 5.91 Å². The molecule has 0 rings (SSSR count). The van der Waals surface area contributed by atoms with E-state index in [0.717, 1.165) is 19.4 Å². The Balaban J connectivity index is 3.81. The Morgan fingerprint density at radius 1 is 1.19 bits per heavy atom. The van der Waals surface area contributed by atoms with Crippen LogP contribution in [0.5, 0.6) is 0 Å². The molecule has 3 heteroatoms. The zero-order valence-corrected chi connectivity index (χ0v) is 11.3. The number of nitrogens with one attached hydrogen (secondary N) is 2. The minimum atomic E-state index is 0.115. The van der Waals surface area contributed by atoms with E-state index < -0.39 is 0 Å². The molecule has 0 bridgehead atoms. The summed E-state index contributed by atoms with van der Waals surface area (Å²) in [5.41, 5.74) is 0. The molecule has 0 aromatic heterocycles. The third-order valence-corrected chi connectivity index (χ3v) is 2.97. The van der Waals surface area contributed by atoms with Crippen molar-refractivity contribution >= 4 is 5.91 Å². The summed E-state index contributed by atoms with van der Waals surface area (Å²) in [7, 11) is 0. The summed E-state index contributed by atoms with van der Waals surface area (Å²) < 4.78 is 0. The van der Waals surface area contributed by atoms with E-state index in [4.69, 9.17) is 0 Å². The standard InChI is InChI=1S/C13H28N2O/c1-5-8-11(4)12(7-3)15-10-13(16)14-9-6-2/h11-12,15H,5-10H2,1-4H3,(H,14,16). The van der Waals surface area contributed by atoms with Gasteiger partial charge in [0.25, 0.3) is 0 Å². The van der Waals surface area contributed by atoms with Gasteiger partial charge >= 0.3 is 0 Å².